The second-order valence-electron chi connectivity index (χ2n) is 3.55. The molecule has 0 aliphatic carbocycles. The molecule has 5 heteroatoms. The summed E-state index contributed by atoms with van der Waals surface area (Å²) in [7, 11) is 0. The first-order valence-electron chi connectivity index (χ1n) is 4.97. The quantitative estimate of drug-likeness (QED) is 0.778. The number of carboxylic acids is 1. The van der Waals surface area contributed by atoms with Crippen LogP contribution in [0, 0.1) is 5.41 Å². The number of fused-ring (bicyclic) bond motifs is 1. The molecule has 1 aliphatic rings. The van der Waals surface area contributed by atoms with Crippen LogP contribution in [0.25, 0.3) is 6.08 Å². The first-order chi connectivity index (χ1) is 8.11. The maximum Gasteiger partial charge on any atom is 0.309 e. The van der Waals surface area contributed by atoms with Crippen molar-refractivity contribution in [2.75, 3.05) is 6.79 Å². The van der Waals surface area contributed by atoms with Crippen molar-refractivity contribution in [3.05, 3.63) is 29.8 Å². The third-order valence-corrected chi connectivity index (χ3v) is 2.42. The molecule has 2 N–H and O–H groups in total. The summed E-state index contributed by atoms with van der Waals surface area (Å²) in [5, 5.41) is 16.4. The predicted molar refractivity (Wildman–Crippen MR) is 61.7 cm³/mol. The van der Waals surface area contributed by atoms with E-state index in [1.165, 1.54) is 0 Å². The van der Waals surface area contributed by atoms with Crippen LogP contribution in [-0.2, 0) is 4.79 Å². The van der Waals surface area contributed by atoms with Crippen LogP contribution in [0.4, 0.5) is 0 Å². The van der Waals surface area contributed by atoms with Gasteiger partial charge in [-0.05, 0) is 17.7 Å². The molecule has 0 amide bonds. The molecule has 0 saturated heterocycles. The van der Waals surface area contributed by atoms with Gasteiger partial charge in [0.1, 0.15) is 0 Å². The number of benzene rings is 1. The largest absolute Gasteiger partial charge is 0.481 e. The summed E-state index contributed by atoms with van der Waals surface area (Å²) in [6.45, 7) is 3.78. The Bertz CT molecular complexity index is 507. The van der Waals surface area contributed by atoms with Gasteiger partial charge in [0.25, 0.3) is 0 Å². The van der Waals surface area contributed by atoms with Crippen LogP contribution >= 0.6 is 0 Å². The molecule has 1 aromatic rings. The predicted octanol–water partition coefficient (Wildman–Crippen LogP) is 1.90. The number of nitrogens with one attached hydrogen (secondary N) is 1. The Kier molecular flexibility index (Phi) is 2.82. The zero-order valence-electron chi connectivity index (χ0n) is 9.03. The summed E-state index contributed by atoms with van der Waals surface area (Å²) in [5.41, 5.74) is 1.19. The third-order valence-electron chi connectivity index (χ3n) is 2.42. The van der Waals surface area contributed by atoms with Gasteiger partial charge >= 0.3 is 5.97 Å². The van der Waals surface area contributed by atoms with Gasteiger partial charge < -0.3 is 20.0 Å². The molecule has 0 fully saturated rings. The molecule has 1 aliphatic heterocycles. The fraction of sp³-hybridized carbons (Fsp3) is 0.167. The Morgan fingerprint density at radius 3 is 2.71 bits per heavy atom. The lowest BCUT2D eigenvalue weighted by molar-refractivity contribution is -0.135. The van der Waals surface area contributed by atoms with Gasteiger partial charge in [-0.3, -0.25) is 4.79 Å². The van der Waals surface area contributed by atoms with Crippen LogP contribution in [0.1, 0.15) is 17.5 Å². The minimum atomic E-state index is -1.04. The number of ether oxygens (including phenoxy) is 2. The van der Waals surface area contributed by atoms with Crippen LogP contribution in [-0.4, -0.2) is 23.6 Å². The maximum absolute atomic E-state index is 10.6. The van der Waals surface area contributed by atoms with Crippen molar-refractivity contribution in [2.45, 2.75) is 6.42 Å². The van der Waals surface area contributed by atoms with E-state index in [1.54, 1.807) is 18.2 Å². The van der Waals surface area contributed by atoms with Gasteiger partial charge in [-0.2, -0.15) is 0 Å². The van der Waals surface area contributed by atoms with E-state index in [4.69, 9.17) is 20.0 Å². The molecule has 5 nitrogen and oxygen atoms in total. The average Bonchev–Trinajstić information content (AvgIpc) is 2.73. The first kappa shape index (κ1) is 11.2. The molecular weight excluding hydrogens is 222 g/mol. The van der Waals surface area contributed by atoms with E-state index in [0.717, 1.165) is 0 Å². The van der Waals surface area contributed by atoms with Gasteiger partial charge in [-0.15, -0.1) is 0 Å². The number of aliphatic carboxylic acids is 1. The molecule has 0 unspecified atom stereocenters. The summed E-state index contributed by atoms with van der Waals surface area (Å²) in [4.78, 5) is 10.6. The van der Waals surface area contributed by atoms with Crippen molar-refractivity contribution in [1.29, 1.82) is 5.41 Å². The molecule has 1 aromatic carbocycles. The Morgan fingerprint density at radius 1 is 1.47 bits per heavy atom. The summed E-state index contributed by atoms with van der Waals surface area (Å²) in [6.07, 6.45) is 1.23. The number of rotatable bonds is 4. The third kappa shape index (κ3) is 2.13. The van der Waals surface area contributed by atoms with Gasteiger partial charge in [0.05, 0.1) is 12.1 Å². The highest BCUT2D eigenvalue weighted by Crippen LogP contribution is 2.35. The summed E-state index contributed by atoms with van der Waals surface area (Å²) in [6, 6.07) is 3.31. The van der Waals surface area contributed by atoms with E-state index in [2.05, 4.69) is 6.58 Å². The van der Waals surface area contributed by atoms with E-state index in [0.29, 0.717) is 22.6 Å². The highest BCUT2D eigenvalue weighted by atomic mass is 16.7. The van der Waals surface area contributed by atoms with Gasteiger partial charge in [0, 0.05) is 5.56 Å². The number of hydrogen-bond donors (Lipinski definition) is 2. The second-order valence-corrected chi connectivity index (χ2v) is 3.55. The van der Waals surface area contributed by atoms with E-state index >= 15 is 0 Å². The van der Waals surface area contributed by atoms with Crippen molar-refractivity contribution < 1.29 is 19.4 Å². The maximum atomic E-state index is 10.6. The van der Waals surface area contributed by atoms with E-state index in [9.17, 15) is 4.79 Å². The van der Waals surface area contributed by atoms with Gasteiger partial charge in [0.15, 0.2) is 11.5 Å². The first-order valence-corrected chi connectivity index (χ1v) is 4.97. The highest BCUT2D eigenvalue weighted by molar-refractivity contribution is 6.09. The minimum Gasteiger partial charge on any atom is -0.481 e. The molecule has 1 heterocycles. The molecule has 0 bridgehead atoms. The van der Waals surface area contributed by atoms with Gasteiger partial charge in [-0.1, -0.05) is 12.7 Å². The van der Waals surface area contributed by atoms with Crippen LogP contribution < -0.4 is 9.47 Å². The average molecular weight is 233 g/mol. The van der Waals surface area contributed by atoms with Crippen LogP contribution in [0.5, 0.6) is 11.5 Å². The van der Waals surface area contributed by atoms with Crippen LogP contribution in [0.15, 0.2) is 18.7 Å². The number of hydrogen-bond acceptors (Lipinski definition) is 4. The molecule has 88 valence electrons. The van der Waals surface area contributed by atoms with E-state index in [-0.39, 0.29) is 18.9 Å². The summed E-state index contributed by atoms with van der Waals surface area (Å²) >= 11 is 0. The smallest absolute Gasteiger partial charge is 0.309 e. The normalized spacial score (nSPS) is 12.2. The van der Waals surface area contributed by atoms with Crippen LogP contribution in [0.2, 0.25) is 0 Å². The number of carboxylic acid groups (broad SMARTS) is 1. The Balaban J connectivity index is 2.42. The van der Waals surface area contributed by atoms with Gasteiger partial charge in [-0.25, -0.2) is 0 Å². The monoisotopic (exact) mass is 233 g/mol. The fourth-order valence-corrected chi connectivity index (χ4v) is 1.63. The fourth-order valence-electron chi connectivity index (χ4n) is 1.63. The van der Waals surface area contributed by atoms with Crippen molar-refractivity contribution in [1.82, 2.24) is 0 Å². The van der Waals surface area contributed by atoms with Crippen molar-refractivity contribution in [3.8, 4) is 11.5 Å². The Morgan fingerprint density at radius 2 is 2.12 bits per heavy atom. The lowest BCUT2D eigenvalue weighted by Gasteiger charge is -2.07. The van der Waals surface area contributed by atoms with Gasteiger partial charge in [0.2, 0.25) is 6.79 Å². The summed E-state index contributed by atoms with van der Waals surface area (Å²) < 4.78 is 10.4. The van der Waals surface area contributed by atoms with Crippen molar-refractivity contribution >= 4 is 17.8 Å². The molecule has 2 rings (SSSR count). The zero-order valence-corrected chi connectivity index (χ0v) is 9.03. The second kappa shape index (κ2) is 4.29. The molecule has 0 atom stereocenters. The lowest BCUT2D eigenvalue weighted by atomic mass is 10.00. The molecule has 0 spiro atoms. The zero-order chi connectivity index (χ0) is 12.4. The molecule has 17 heavy (non-hydrogen) atoms. The van der Waals surface area contributed by atoms with Crippen molar-refractivity contribution in [2.24, 2.45) is 0 Å². The molecular formula is C12H11NO4. The number of carbonyl (C=O) groups is 1. The molecule has 0 aromatic heterocycles. The topological polar surface area (TPSA) is 79.6 Å². The van der Waals surface area contributed by atoms with Crippen molar-refractivity contribution in [3.63, 3.8) is 0 Å². The van der Waals surface area contributed by atoms with E-state index in [1.807, 2.05) is 0 Å². The summed E-state index contributed by atoms with van der Waals surface area (Å²) in [5.74, 6) is 0.0789. The Hall–Kier alpha value is -2.30. The lowest BCUT2D eigenvalue weighted by Crippen LogP contribution is -2.08. The van der Waals surface area contributed by atoms with Crippen LogP contribution in [0.3, 0.4) is 0 Å². The standard InChI is InChI=1S/C12H11NO4/c1-2-7-3-10-11(17-6-16-10)4-8(7)9(13)5-12(14)15/h2-4,13H,1,5-6H2,(H,14,15). The van der Waals surface area contributed by atoms with E-state index < -0.39 is 5.97 Å². The molecule has 0 radical (unpaired) electrons. The SMILES string of the molecule is C=Cc1cc2c(cc1C(=N)CC(=O)O)OCO2. The molecule has 0 saturated carbocycles. The highest BCUT2D eigenvalue weighted by Gasteiger charge is 2.19. The Labute approximate surface area is 97.8 Å². The minimum absolute atomic E-state index is 0.0192.